The Labute approximate surface area is 83.5 Å². The van der Waals surface area contributed by atoms with Gasteiger partial charge in [0.25, 0.3) is 0 Å². The van der Waals surface area contributed by atoms with E-state index in [1.807, 2.05) is 0 Å². The molecule has 1 aliphatic carbocycles. The highest BCUT2D eigenvalue weighted by Gasteiger charge is 2.31. The predicted octanol–water partition coefficient (Wildman–Crippen LogP) is 2.42. The standard InChI is InChI=1S/C10H16O2S/c1-9(12)13-8-10(7-11)5-3-2-4-6-10/h7H,2-6,8H2,1H3. The van der Waals surface area contributed by atoms with E-state index in [4.69, 9.17) is 0 Å². The van der Waals surface area contributed by atoms with E-state index in [-0.39, 0.29) is 10.5 Å². The summed E-state index contributed by atoms with van der Waals surface area (Å²) < 4.78 is 0. The summed E-state index contributed by atoms with van der Waals surface area (Å²) in [4.78, 5) is 21.8. The van der Waals surface area contributed by atoms with E-state index in [1.165, 1.54) is 18.2 Å². The molecule has 74 valence electrons. The van der Waals surface area contributed by atoms with Crippen LogP contribution in [0.4, 0.5) is 0 Å². The first-order valence-corrected chi connectivity index (χ1v) is 5.77. The second-order valence-corrected chi connectivity index (χ2v) is 4.97. The van der Waals surface area contributed by atoms with Gasteiger partial charge < -0.3 is 4.79 Å². The quantitative estimate of drug-likeness (QED) is 0.656. The van der Waals surface area contributed by atoms with Crippen LogP contribution in [0.2, 0.25) is 0 Å². The van der Waals surface area contributed by atoms with Crippen molar-refractivity contribution < 1.29 is 9.59 Å². The number of aldehydes is 1. The zero-order valence-electron chi connectivity index (χ0n) is 8.04. The van der Waals surface area contributed by atoms with Gasteiger partial charge in [0.05, 0.1) is 0 Å². The second-order valence-electron chi connectivity index (χ2n) is 3.82. The minimum absolute atomic E-state index is 0.117. The maximum atomic E-state index is 11.0. The van der Waals surface area contributed by atoms with Crippen LogP contribution in [0, 0.1) is 5.41 Å². The Hall–Kier alpha value is -0.310. The van der Waals surface area contributed by atoms with E-state index in [9.17, 15) is 9.59 Å². The smallest absolute Gasteiger partial charge is 0.185 e. The third kappa shape index (κ3) is 3.14. The van der Waals surface area contributed by atoms with Crippen LogP contribution in [0.25, 0.3) is 0 Å². The van der Waals surface area contributed by atoms with Gasteiger partial charge >= 0.3 is 0 Å². The summed E-state index contributed by atoms with van der Waals surface area (Å²) in [6.45, 7) is 1.56. The summed E-state index contributed by atoms with van der Waals surface area (Å²) in [6.07, 6.45) is 6.52. The van der Waals surface area contributed by atoms with Crippen molar-refractivity contribution in [2.75, 3.05) is 5.75 Å². The molecule has 0 heterocycles. The molecule has 0 amide bonds. The maximum absolute atomic E-state index is 11.0. The third-order valence-electron chi connectivity index (χ3n) is 2.66. The lowest BCUT2D eigenvalue weighted by Gasteiger charge is -2.31. The van der Waals surface area contributed by atoms with Gasteiger partial charge in [-0.2, -0.15) is 0 Å². The van der Waals surface area contributed by atoms with Crippen LogP contribution in [0.15, 0.2) is 0 Å². The number of carbonyl (C=O) groups excluding carboxylic acids is 2. The van der Waals surface area contributed by atoms with Crippen molar-refractivity contribution in [3.8, 4) is 0 Å². The Morgan fingerprint density at radius 3 is 2.46 bits per heavy atom. The minimum Gasteiger partial charge on any atom is -0.303 e. The normalized spacial score (nSPS) is 21.0. The molecule has 0 aromatic rings. The molecule has 0 N–H and O–H groups in total. The van der Waals surface area contributed by atoms with E-state index in [2.05, 4.69) is 0 Å². The SMILES string of the molecule is CC(=O)SCC1(C=O)CCCCC1. The third-order valence-corrected chi connectivity index (χ3v) is 3.79. The lowest BCUT2D eigenvalue weighted by atomic mass is 9.77. The lowest BCUT2D eigenvalue weighted by molar-refractivity contribution is -0.116. The Morgan fingerprint density at radius 1 is 1.38 bits per heavy atom. The Kier molecular flexibility index (Phi) is 3.97. The molecule has 3 heteroatoms. The van der Waals surface area contributed by atoms with Crippen molar-refractivity contribution in [1.82, 2.24) is 0 Å². The molecule has 0 aromatic heterocycles. The molecular formula is C10H16O2S. The minimum atomic E-state index is -0.186. The van der Waals surface area contributed by atoms with Gasteiger partial charge in [-0.3, -0.25) is 4.79 Å². The summed E-state index contributed by atoms with van der Waals surface area (Å²) >= 11 is 1.29. The Morgan fingerprint density at radius 2 is 2.00 bits per heavy atom. The van der Waals surface area contributed by atoms with Gasteiger partial charge in [0.2, 0.25) is 0 Å². The van der Waals surface area contributed by atoms with Crippen molar-refractivity contribution in [1.29, 1.82) is 0 Å². The van der Waals surface area contributed by atoms with Gasteiger partial charge in [0.1, 0.15) is 6.29 Å². The van der Waals surface area contributed by atoms with Crippen molar-refractivity contribution >= 4 is 23.2 Å². The zero-order chi connectivity index (χ0) is 9.73. The molecule has 0 unspecified atom stereocenters. The van der Waals surface area contributed by atoms with Gasteiger partial charge in [0, 0.05) is 18.1 Å². The predicted molar refractivity (Wildman–Crippen MR) is 54.7 cm³/mol. The first-order valence-electron chi connectivity index (χ1n) is 4.78. The molecule has 0 aromatic carbocycles. The fourth-order valence-corrected chi connectivity index (χ4v) is 2.64. The molecule has 0 spiro atoms. The summed E-state index contributed by atoms with van der Waals surface area (Å²) in [7, 11) is 0. The van der Waals surface area contributed by atoms with E-state index in [1.54, 1.807) is 6.92 Å². The van der Waals surface area contributed by atoms with E-state index < -0.39 is 0 Å². The topological polar surface area (TPSA) is 34.1 Å². The fourth-order valence-electron chi connectivity index (χ4n) is 1.80. The van der Waals surface area contributed by atoms with E-state index >= 15 is 0 Å². The molecule has 1 aliphatic rings. The van der Waals surface area contributed by atoms with Gasteiger partial charge in [-0.05, 0) is 12.8 Å². The molecule has 1 saturated carbocycles. The summed E-state index contributed by atoms with van der Waals surface area (Å²) in [5.41, 5.74) is -0.186. The van der Waals surface area contributed by atoms with Crippen LogP contribution in [-0.2, 0) is 9.59 Å². The Bertz CT molecular complexity index is 195. The van der Waals surface area contributed by atoms with Crippen LogP contribution < -0.4 is 0 Å². The molecule has 0 aliphatic heterocycles. The number of hydrogen-bond donors (Lipinski definition) is 0. The highest BCUT2D eigenvalue weighted by atomic mass is 32.2. The van der Waals surface area contributed by atoms with Crippen molar-refractivity contribution in [2.45, 2.75) is 39.0 Å². The molecule has 1 fully saturated rings. The molecule has 0 bridgehead atoms. The molecule has 2 nitrogen and oxygen atoms in total. The first kappa shape index (κ1) is 10.8. The van der Waals surface area contributed by atoms with E-state index in [0.29, 0.717) is 5.75 Å². The monoisotopic (exact) mass is 200 g/mol. The second kappa shape index (κ2) is 4.80. The van der Waals surface area contributed by atoms with Crippen LogP contribution in [0.1, 0.15) is 39.0 Å². The zero-order valence-corrected chi connectivity index (χ0v) is 8.86. The molecule has 0 atom stereocenters. The summed E-state index contributed by atoms with van der Waals surface area (Å²) in [5.74, 6) is 0.686. The van der Waals surface area contributed by atoms with Crippen LogP contribution in [-0.4, -0.2) is 17.2 Å². The number of thioether (sulfide) groups is 1. The number of hydrogen-bond acceptors (Lipinski definition) is 3. The lowest BCUT2D eigenvalue weighted by Crippen LogP contribution is -2.28. The molecule has 0 radical (unpaired) electrons. The van der Waals surface area contributed by atoms with Gasteiger partial charge in [-0.25, -0.2) is 0 Å². The van der Waals surface area contributed by atoms with Crippen molar-refractivity contribution in [2.24, 2.45) is 5.41 Å². The average Bonchev–Trinajstić information content (AvgIpc) is 2.16. The number of carbonyl (C=O) groups is 2. The fraction of sp³-hybridized carbons (Fsp3) is 0.800. The van der Waals surface area contributed by atoms with Crippen molar-refractivity contribution in [3.05, 3.63) is 0 Å². The van der Waals surface area contributed by atoms with Crippen LogP contribution in [0.3, 0.4) is 0 Å². The van der Waals surface area contributed by atoms with Gasteiger partial charge in [-0.1, -0.05) is 31.0 Å². The highest BCUT2D eigenvalue weighted by molar-refractivity contribution is 8.13. The maximum Gasteiger partial charge on any atom is 0.185 e. The molecule has 13 heavy (non-hydrogen) atoms. The molecule has 0 saturated heterocycles. The van der Waals surface area contributed by atoms with Gasteiger partial charge in [0.15, 0.2) is 5.12 Å². The summed E-state index contributed by atoms with van der Waals surface area (Å²) in [6, 6.07) is 0. The largest absolute Gasteiger partial charge is 0.303 e. The number of rotatable bonds is 3. The molecular weight excluding hydrogens is 184 g/mol. The van der Waals surface area contributed by atoms with Crippen LogP contribution >= 0.6 is 11.8 Å². The van der Waals surface area contributed by atoms with E-state index in [0.717, 1.165) is 32.0 Å². The van der Waals surface area contributed by atoms with Crippen molar-refractivity contribution in [3.63, 3.8) is 0 Å². The van der Waals surface area contributed by atoms with Crippen LogP contribution in [0.5, 0.6) is 0 Å². The average molecular weight is 200 g/mol. The Balaban J connectivity index is 2.47. The molecule has 1 rings (SSSR count). The highest BCUT2D eigenvalue weighted by Crippen LogP contribution is 2.37. The van der Waals surface area contributed by atoms with Gasteiger partial charge in [-0.15, -0.1) is 0 Å². The summed E-state index contributed by atoms with van der Waals surface area (Å²) in [5, 5.41) is 0.117. The first-order chi connectivity index (χ1) is 6.18.